The Morgan fingerprint density at radius 3 is 1.10 bits per heavy atom. The molecule has 1 amide bonds. The van der Waals surface area contributed by atoms with Crippen molar-refractivity contribution in [1.82, 2.24) is 5.32 Å². The molecule has 3 unspecified atom stereocenters. The first-order valence-electron chi connectivity index (χ1n) is 35.1. The Bertz CT molecular complexity index is 2000. The number of allylic oxidation sites excluding steroid dienone is 23. The quantitative estimate of drug-likeness (QED) is 0.0212. The predicted molar refractivity (Wildman–Crippen MR) is 376 cm³/mol. The molecular formula is C77H131N2O7P. The maximum Gasteiger partial charge on any atom is 0.306 e. The van der Waals surface area contributed by atoms with E-state index in [4.69, 9.17) is 13.8 Å². The lowest BCUT2D eigenvalue weighted by atomic mass is 10.0. The summed E-state index contributed by atoms with van der Waals surface area (Å²) in [6.07, 6.45) is 93.9. The van der Waals surface area contributed by atoms with E-state index in [0.717, 1.165) is 148 Å². The molecule has 0 aromatic rings. The van der Waals surface area contributed by atoms with Crippen LogP contribution < -0.4 is 10.2 Å². The van der Waals surface area contributed by atoms with E-state index in [2.05, 4.69) is 160 Å². The van der Waals surface area contributed by atoms with Crippen molar-refractivity contribution in [3.63, 3.8) is 0 Å². The van der Waals surface area contributed by atoms with Crippen molar-refractivity contribution >= 4 is 19.7 Å². The fourth-order valence-corrected chi connectivity index (χ4v) is 10.2. The minimum atomic E-state index is -4.72. The molecule has 3 atom stereocenters. The number of likely N-dealkylation sites (N-methyl/N-ethyl adjacent to an activating group) is 1. The van der Waals surface area contributed by atoms with Gasteiger partial charge < -0.3 is 28.5 Å². The largest absolute Gasteiger partial charge is 0.756 e. The van der Waals surface area contributed by atoms with Crippen LogP contribution in [0.25, 0.3) is 0 Å². The molecule has 0 rings (SSSR count). The van der Waals surface area contributed by atoms with Crippen LogP contribution in [0.2, 0.25) is 0 Å². The number of phosphoric acid groups is 1. The molecule has 496 valence electrons. The van der Waals surface area contributed by atoms with E-state index in [9.17, 15) is 19.0 Å². The molecule has 0 aliphatic rings. The highest BCUT2D eigenvalue weighted by atomic mass is 31.2. The minimum absolute atomic E-state index is 0.0357. The number of esters is 1. The van der Waals surface area contributed by atoms with E-state index in [1.54, 1.807) is 0 Å². The average Bonchev–Trinajstić information content (AvgIpc) is 3.70. The summed E-state index contributed by atoms with van der Waals surface area (Å²) >= 11 is 0. The van der Waals surface area contributed by atoms with Crippen molar-refractivity contribution in [3.8, 4) is 0 Å². The van der Waals surface area contributed by atoms with E-state index in [1.165, 1.54) is 83.5 Å². The van der Waals surface area contributed by atoms with Gasteiger partial charge in [0, 0.05) is 12.8 Å². The minimum Gasteiger partial charge on any atom is -0.756 e. The number of carbonyl (C=O) groups excluding carboxylic acids is 2. The smallest absolute Gasteiger partial charge is 0.306 e. The van der Waals surface area contributed by atoms with Crippen molar-refractivity contribution in [1.29, 1.82) is 0 Å². The number of phosphoric ester groups is 1. The zero-order valence-corrected chi connectivity index (χ0v) is 57.6. The number of unbranched alkanes of at least 4 members (excludes halogenated alkanes) is 24. The van der Waals surface area contributed by atoms with Crippen molar-refractivity contribution in [2.24, 2.45) is 0 Å². The van der Waals surface area contributed by atoms with Crippen molar-refractivity contribution < 1.29 is 37.3 Å². The van der Waals surface area contributed by atoms with Crippen LogP contribution in [0.3, 0.4) is 0 Å². The molecule has 87 heavy (non-hydrogen) atoms. The zero-order valence-electron chi connectivity index (χ0n) is 56.7. The summed E-state index contributed by atoms with van der Waals surface area (Å²) in [5.41, 5.74) is 0. The van der Waals surface area contributed by atoms with Crippen LogP contribution in [0.4, 0.5) is 0 Å². The van der Waals surface area contributed by atoms with E-state index in [1.807, 2.05) is 33.3 Å². The molecule has 0 radical (unpaired) electrons. The van der Waals surface area contributed by atoms with Crippen LogP contribution in [-0.4, -0.2) is 69.4 Å². The van der Waals surface area contributed by atoms with Gasteiger partial charge in [-0.2, -0.15) is 0 Å². The van der Waals surface area contributed by atoms with E-state index in [-0.39, 0.29) is 31.3 Å². The summed E-state index contributed by atoms with van der Waals surface area (Å²) in [4.78, 5) is 40.2. The van der Waals surface area contributed by atoms with Crippen LogP contribution in [0, 0.1) is 0 Å². The molecule has 0 aliphatic carbocycles. The molecule has 10 heteroatoms. The first-order valence-corrected chi connectivity index (χ1v) is 36.6. The second-order valence-corrected chi connectivity index (χ2v) is 25.7. The summed E-state index contributed by atoms with van der Waals surface area (Å²) in [6.45, 7) is 6.59. The number of ether oxygens (including phenoxy) is 1. The molecule has 0 aromatic carbocycles. The third-order valence-electron chi connectivity index (χ3n) is 14.8. The molecule has 0 fully saturated rings. The first-order chi connectivity index (χ1) is 42.4. The fourth-order valence-electron chi connectivity index (χ4n) is 9.43. The Balaban J connectivity index is 5.19. The van der Waals surface area contributed by atoms with Gasteiger partial charge in [0.15, 0.2) is 0 Å². The maximum atomic E-state index is 13.6. The van der Waals surface area contributed by atoms with Gasteiger partial charge in [-0.05, 0) is 128 Å². The van der Waals surface area contributed by atoms with Crippen LogP contribution >= 0.6 is 7.82 Å². The van der Waals surface area contributed by atoms with Crippen LogP contribution in [-0.2, 0) is 27.9 Å². The fraction of sp³-hybridized carbons (Fsp3) is 0.662. The number of amides is 1. The van der Waals surface area contributed by atoms with Crippen LogP contribution in [0.1, 0.15) is 278 Å². The average molecular weight is 1230 g/mol. The highest BCUT2D eigenvalue weighted by Crippen LogP contribution is 2.38. The van der Waals surface area contributed by atoms with Gasteiger partial charge in [0.25, 0.3) is 7.82 Å². The van der Waals surface area contributed by atoms with E-state index < -0.39 is 26.6 Å². The lowest BCUT2D eigenvalue weighted by molar-refractivity contribution is -0.870. The second-order valence-electron chi connectivity index (χ2n) is 24.3. The van der Waals surface area contributed by atoms with Crippen molar-refractivity contribution in [3.05, 3.63) is 146 Å². The Morgan fingerprint density at radius 2 is 0.736 bits per heavy atom. The van der Waals surface area contributed by atoms with Gasteiger partial charge in [0.05, 0.1) is 33.8 Å². The van der Waals surface area contributed by atoms with Crippen LogP contribution in [0.5, 0.6) is 0 Å². The van der Waals surface area contributed by atoms with Gasteiger partial charge >= 0.3 is 5.97 Å². The number of carbonyl (C=O) groups is 2. The monoisotopic (exact) mass is 1230 g/mol. The summed E-state index contributed by atoms with van der Waals surface area (Å²) in [5.74, 6) is -0.579. The number of nitrogens with one attached hydrogen (secondary N) is 1. The Hall–Kier alpha value is -4.11. The zero-order chi connectivity index (χ0) is 63.5. The Kier molecular flexibility index (Phi) is 61.8. The number of hydrogen-bond donors (Lipinski definition) is 1. The first kappa shape index (κ1) is 82.9. The standard InChI is InChI=1S/C77H131N2O7P/c1-7-10-13-16-19-22-25-28-30-32-34-36-37-38-39-40-41-43-45-47-49-52-55-58-61-64-67-70-77(81)86-75(68-65-62-59-56-53-50-27-24-21-18-15-12-9-3)74(73-85-87(82,83)84-72-71-79(4,5)6)78-76(80)69-66-63-60-57-54-51-48-46-44-42-35-33-31-29-26-23-20-17-14-11-8-2/h10-11,13-14,19-20,22-23,28-31,34-36,38-39,41-43,46,48,65,68,74-75H,7-9,12,15-18,21,24-27,32-33,37,40,44-45,47,49-64,66-67,69-73H2,1-6H3,(H-,78,80,82,83)/b13-10-,14-11-,22-19-,23-20-,30-28-,31-29-,36-34-,39-38-,42-35-,43-41-,48-46-,68-65-. The summed E-state index contributed by atoms with van der Waals surface area (Å²) < 4.78 is 30.4. The SMILES string of the molecule is CC/C=C\C/C=C\C/C=C\C/C=C\C/C=C\C/C=C\CCCCCCCCCCC(=O)OC(/C=C\CCCCCCCCCCCCC)C(COP(=O)([O-])OCC[N+](C)(C)C)NC(=O)CCCCCCC/C=C\C/C=C\C/C=C\C/C=C\C/C=C\CC. The van der Waals surface area contributed by atoms with Gasteiger partial charge in [-0.3, -0.25) is 14.2 Å². The van der Waals surface area contributed by atoms with Gasteiger partial charge in [-0.1, -0.05) is 283 Å². The lowest BCUT2D eigenvalue weighted by Crippen LogP contribution is -2.47. The van der Waals surface area contributed by atoms with Crippen molar-refractivity contribution in [2.75, 3.05) is 40.9 Å². The third-order valence-corrected chi connectivity index (χ3v) is 15.7. The molecule has 0 spiro atoms. The summed E-state index contributed by atoms with van der Waals surface area (Å²) in [5, 5.41) is 3.03. The molecule has 0 aliphatic heterocycles. The topological polar surface area (TPSA) is 114 Å². The number of rotatable bonds is 62. The van der Waals surface area contributed by atoms with Gasteiger partial charge in [0.2, 0.25) is 5.91 Å². The molecule has 0 bridgehead atoms. The molecule has 0 saturated heterocycles. The number of nitrogens with zero attached hydrogens (tertiary/aromatic N) is 1. The summed E-state index contributed by atoms with van der Waals surface area (Å²) in [6, 6.07) is -0.915. The molecule has 0 saturated carbocycles. The molecule has 1 N–H and O–H groups in total. The van der Waals surface area contributed by atoms with E-state index >= 15 is 0 Å². The maximum absolute atomic E-state index is 13.6. The number of hydrogen-bond acceptors (Lipinski definition) is 7. The lowest BCUT2D eigenvalue weighted by Gasteiger charge is -2.30. The third kappa shape index (κ3) is 66.1. The highest BCUT2D eigenvalue weighted by Gasteiger charge is 2.27. The molecule has 0 heterocycles. The Labute approximate surface area is 536 Å². The summed E-state index contributed by atoms with van der Waals surface area (Å²) in [7, 11) is 1.15. The molecular weight excluding hydrogens is 1100 g/mol. The highest BCUT2D eigenvalue weighted by molar-refractivity contribution is 7.45. The van der Waals surface area contributed by atoms with Crippen LogP contribution in [0.15, 0.2) is 146 Å². The normalized spacial score (nSPS) is 14.4. The van der Waals surface area contributed by atoms with Gasteiger partial charge in [-0.15, -0.1) is 0 Å². The van der Waals surface area contributed by atoms with Crippen molar-refractivity contribution in [2.45, 2.75) is 290 Å². The second kappa shape index (κ2) is 64.9. The Morgan fingerprint density at radius 1 is 0.414 bits per heavy atom. The van der Waals surface area contributed by atoms with Gasteiger partial charge in [0.1, 0.15) is 19.3 Å². The predicted octanol–water partition coefficient (Wildman–Crippen LogP) is 21.9. The van der Waals surface area contributed by atoms with Gasteiger partial charge in [-0.25, -0.2) is 0 Å². The molecule has 0 aromatic heterocycles. The number of quaternary nitrogens is 1. The molecule has 9 nitrogen and oxygen atoms in total. The van der Waals surface area contributed by atoms with E-state index in [0.29, 0.717) is 23.9 Å².